The number of hydrogen-bond acceptors (Lipinski definition) is 5. The highest BCUT2D eigenvalue weighted by Gasteiger charge is 2.06. The summed E-state index contributed by atoms with van der Waals surface area (Å²) in [6.07, 6.45) is -0.0347. The van der Waals surface area contributed by atoms with E-state index in [9.17, 15) is 4.79 Å². The van der Waals surface area contributed by atoms with Crippen LogP contribution in [0.5, 0.6) is 0 Å². The van der Waals surface area contributed by atoms with E-state index in [2.05, 4.69) is 14.7 Å². The van der Waals surface area contributed by atoms with Crippen LogP contribution in [0.1, 0.15) is 11.7 Å². The fourth-order valence-electron chi connectivity index (χ4n) is 0.594. The fourth-order valence-corrected chi connectivity index (χ4v) is 0.594. The number of aromatic nitrogens is 2. The molecule has 11 heavy (non-hydrogen) atoms. The molecule has 0 saturated heterocycles. The third-order valence-electron chi connectivity index (χ3n) is 1.02. The van der Waals surface area contributed by atoms with Gasteiger partial charge in [0.2, 0.25) is 11.8 Å². The van der Waals surface area contributed by atoms with Crippen LogP contribution in [-0.2, 0) is 17.8 Å². The van der Waals surface area contributed by atoms with Crippen molar-refractivity contribution in [1.29, 1.82) is 0 Å². The Hall–Kier alpha value is -1.43. The van der Waals surface area contributed by atoms with Crippen LogP contribution in [0.2, 0.25) is 0 Å². The third-order valence-corrected chi connectivity index (χ3v) is 1.02. The summed E-state index contributed by atoms with van der Waals surface area (Å²) in [4.78, 5) is 14.1. The van der Waals surface area contributed by atoms with Gasteiger partial charge in [0.25, 0.3) is 0 Å². The smallest absolute Gasteiger partial charge is 0.236 e. The molecule has 0 aliphatic carbocycles. The second kappa shape index (κ2) is 3.11. The number of nitrogens with zero attached hydrogens (tertiary/aromatic N) is 2. The molecular weight excluding hydrogens is 148 g/mol. The van der Waals surface area contributed by atoms with E-state index in [-0.39, 0.29) is 18.9 Å². The number of carbonyl (C=O) groups is 1. The molecule has 6 heteroatoms. The van der Waals surface area contributed by atoms with Gasteiger partial charge in [-0.3, -0.25) is 4.79 Å². The zero-order chi connectivity index (χ0) is 8.27. The summed E-state index contributed by atoms with van der Waals surface area (Å²) >= 11 is 0. The van der Waals surface area contributed by atoms with E-state index in [4.69, 9.17) is 11.5 Å². The van der Waals surface area contributed by atoms with Gasteiger partial charge in [0, 0.05) is 0 Å². The molecule has 0 atom stereocenters. The summed E-state index contributed by atoms with van der Waals surface area (Å²) in [5.41, 5.74) is 10.1. The molecule has 0 radical (unpaired) electrons. The summed E-state index contributed by atoms with van der Waals surface area (Å²) in [6.45, 7) is 0.197. The van der Waals surface area contributed by atoms with Crippen molar-refractivity contribution in [2.75, 3.05) is 0 Å². The molecule has 6 nitrogen and oxygen atoms in total. The molecule has 1 heterocycles. The minimum atomic E-state index is -0.503. The van der Waals surface area contributed by atoms with Gasteiger partial charge >= 0.3 is 0 Å². The van der Waals surface area contributed by atoms with Crippen molar-refractivity contribution in [1.82, 2.24) is 10.1 Å². The van der Waals surface area contributed by atoms with Crippen molar-refractivity contribution in [2.24, 2.45) is 11.5 Å². The van der Waals surface area contributed by atoms with Crippen LogP contribution < -0.4 is 11.5 Å². The van der Waals surface area contributed by atoms with Crippen LogP contribution in [0.4, 0.5) is 0 Å². The standard InChI is InChI=1S/C5H8N4O2/c6-2-4-8-5(11-9-4)1-3(7)10/h1-2,6H2,(H2,7,10). The van der Waals surface area contributed by atoms with Crippen molar-refractivity contribution >= 4 is 5.91 Å². The first-order chi connectivity index (χ1) is 5.22. The Morgan fingerprint density at radius 1 is 1.64 bits per heavy atom. The third kappa shape index (κ3) is 2.01. The van der Waals surface area contributed by atoms with E-state index in [0.29, 0.717) is 5.82 Å². The first-order valence-electron chi connectivity index (χ1n) is 3.02. The Balaban J connectivity index is 2.65. The molecule has 0 bridgehead atoms. The van der Waals surface area contributed by atoms with Crippen LogP contribution >= 0.6 is 0 Å². The monoisotopic (exact) mass is 156 g/mol. The summed E-state index contributed by atoms with van der Waals surface area (Å²) < 4.78 is 4.62. The van der Waals surface area contributed by atoms with Crippen molar-refractivity contribution in [3.63, 3.8) is 0 Å². The highest BCUT2D eigenvalue weighted by molar-refractivity contribution is 5.75. The Morgan fingerprint density at radius 2 is 2.36 bits per heavy atom. The maximum atomic E-state index is 10.3. The second-order valence-electron chi connectivity index (χ2n) is 1.95. The molecule has 1 aromatic heterocycles. The van der Waals surface area contributed by atoms with Gasteiger partial charge in [0.1, 0.15) is 6.42 Å². The largest absolute Gasteiger partial charge is 0.369 e. The Labute approximate surface area is 62.6 Å². The minimum absolute atomic E-state index is 0.0347. The number of rotatable bonds is 3. The maximum Gasteiger partial charge on any atom is 0.236 e. The molecule has 0 saturated carbocycles. The number of amides is 1. The van der Waals surface area contributed by atoms with Crippen LogP contribution in [0.25, 0.3) is 0 Å². The molecule has 1 aromatic rings. The molecule has 4 N–H and O–H groups in total. The molecule has 0 unspecified atom stereocenters. The van der Waals surface area contributed by atoms with Crippen molar-refractivity contribution in [2.45, 2.75) is 13.0 Å². The molecule has 1 amide bonds. The fraction of sp³-hybridized carbons (Fsp3) is 0.400. The predicted octanol–water partition coefficient (Wildman–Crippen LogP) is -1.44. The van der Waals surface area contributed by atoms with Gasteiger partial charge in [-0.2, -0.15) is 4.98 Å². The number of nitrogens with two attached hydrogens (primary N) is 2. The normalized spacial score (nSPS) is 9.91. The van der Waals surface area contributed by atoms with E-state index < -0.39 is 5.91 Å². The molecule has 0 aromatic carbocycles. The summed E-state index contributed by atoms with van der Waals surface area (Å²) in [7, 11) is 0. The molecule has 0 aliphatic heterocycles. The van der Waals surface area contributed by atoms with Gasteiger partial charge in [-0.25, -0.2) is 0 Å². The average Bonchev–Trinajstić information content (AvgIpc) is 2.34. The molecule has 0 aliphatic rings. The maximum absolute atomic E-state index is 10.3. The topological polar surface area (TPSA) is 108 Å². The lowest BCUT2D eigenvalue weighted by Crippen LogP contribution is -2.13. The molecule has 0 spiro atoms. The Morgan fingerprint density at radius 3 is 2.82 bits per heavy atom. The number of hydrogen-bond donors (Lipinski definition) is 2. The van der Waals surface area contributed by atoms with Gasteiger partial charge in [0.05, 0.1) is 6.54 Å². The second-order valence-corrected chi connectivity index (χ2v) is 1.95. The quantitative estimate of drug-likeness (QED) is 0.556. The lowest BCUT2D eigenvalue weighted by Gasteiger charge is -1.83. The van der Waals surface area contributed by atoms with Crippen molar-refractivity contribution in [3.05, 3.63) is 11.7 Å². The first-order valence-corrected chi connectivity index (χ1v) is 3.02. The van der Waals surface area contributed by atoms with Crippen molar-refractivity contribution < 1.29 is 9.32 Å². The summed E-state index contributed by atoms with van der Waals surface area (Å²) in [6, 6.07) is 0. The molecule has 60 valence electrons. The zero-order valence-electron chi connectivity index (χ0n) is 5.78. The number of carbonyl (C=O) groups excluding carboxylic acids is 1. The van der Waals surface area contributed by atoms with Gasteiger partial charge in [0.15, 0.2) is 5.82 Å². The lowest BCUT2D eigenvalue weighted by atomic mass is 10.4. The SMILES string of the molecule is NCc1noc(CC(N)=O)n1. The first kappa shape index (κ1) is 7.67. The van der Waals surface area contributed by atoms with Gasteiger partial charge < -0.3 is 16.0 Å². The highest BCUT2D eigenvalue weighted by atomic mass is 16.5. The predicted molar refractivity (Wildman–Crippen MR) is 35.1 cm³/mol. The van der Waals surface area contributed by atoms with E-state index in [1.165, 1.54) is 0 Å². The van der Waals surface area contributed by atoms with Crippen LogP contribution in [-0.4, -0.2) is 16.0 Å². The Kier molecular flexibility index (Phi) is 2.17. The van der Waals surface area contributed by atoms with Crippen LogP contribution in [0.15, 0.2) is 4.52 Å². The van der Waals surface area contributed by atoms with Crippen LogP contribution in [0, 0.1) is 0 Å². The molecule has 1 rings (SSSR count). The Bertz CT molecular complexity index is 257. The number of primary amides is 1. The minimum Gasteiger partial charge on any atom is -0.369 e. The van der Waals surface area contributed by atoms with Crippen molar-refractivity contribution in [3.8, 4) is 0 Å². The zero-order valence-corrected chi connectivity index (χ0v) is 5.78. The molecule has 0 fully saturated rings. The lowest BCUT2D eigenvalue weighted by molar-refractivity contribution is -0.117. The van der Waals surface area contributed by atoms with Crippen LogP contribution in [0.3, 0.4) is 0 Å². The highest BCUT2D eigenvalue weighted by Crippen LogP contribution is 1.96. The van der Waals surface area contributed by atoms with E-state index in [1.807, 2.05) is 0 Å². The molecular formula is C5H8N4O2. The van der Waals surface area contributed by atoms with E-state index in [0.717, 1.165) is 0 Å². The average molecular weight is 156 g/mol. The summed E-state index contributed by atoms with van der Waals surface area (Å²) in [5, 5.41) is 3.47. The van der Waals surface area contributed by atoms with Gasteiger partial charge in [-0.15, -0.1) is 0 Å². The van der Waals surface area contributed by atoms with Gasteiger partial charge in [-0.05, 0) is 0 Å². The van der Waals surface area contributed by atoms with E-state index >= 15 is 0 Å². The van der Waals surface area contributed by atoms with E-state index in [1.54, 1.807) is 0 Å². The van der Waals surface area contributed by atoms with Gasteiger partial charge in [-0.1, -0.05) is 5.16 Å². The summed E-state index contributed by atoms with van der Waals surface area (Å²) in [5.74, 6) is 0.0800.